The summed E-state index contributed by atoms with van der Waals surface area (Å²) in [6.45, 7) is 8.03. The van der Waals surface area contributed by atoms with Crippen molar-refractivity contribution >= 4 is 31.8 Å². The predicted molar refractivity (Wildman–Crippen MR) is 154 cm³/mol. The van der Waals surface area contributed by atoms with Gasteiger partial charge in [-0.15, -0.1) is 0 Å². The second-order valence-electron chi connectivity index (χ2n) is 9.73. The molecule has 0 saturated heterocycles. The zero-order chi connectivity index (χ0) is 26.2. The topological polar surface area (TPSA) is 58.5 Å². The van der Waals surface area contributed by atoms with E-state index in [2.05, 4.69) is 5.32 Å². The highest BCUT2D eigenvalue weighted by Gasteiger charge is 2.46. The van der Waals surface area contributed by atoms with Gasteiger partial charge in [0, 0.05) is 5.69 Å². The maximum Gasteiger partial charge on any atom is 0.193 e. The third kappa shape index (κ3) is 5.00. The maximum atomic E-state index is 14.4. The summed E-state index contributed by atoms with van der Waals surface area (Å²) in [6, 6.07) is 31.1. The van der Waals surface area contributed by atoms with E-state index in [1.807, 2.05) is 125 Å². The molecule has 0 radical (unpaired) electrons. The lowest BCUT2D eigenvalue weighted by molar-refractivity contribution is 0.603. The van der Waals surface area contributed by atoms with Crippen LogP contribution in [0.1, 0.15) is 38.6 Å². The second-order valence-corrected chi connectivity index (χ2v) is 11.7. The molecule has 1 atom stereocenters. The van der Waals surface area contributed by atoms with Crippen LogP contribution in [0.15, 0.2) is 108 Å². The number of anilines is 1. The monoisotopic (exact) mass is 506 g/mol. The molecule has 4 nitrogen and oxygen atoms in total. The van der Waals surface area contributed by atoms with E-state index in [9.17, 15) is 8.42 Å². The van der Waals surface area contributed by atoms with Gasteiger partial charge < -0.3 is 5.32 Å². The summed E-state index contributed by atoms with van der Waals surface area (Å²) in [6.07, 6.45) is 0. The zero-order valence-electron chi connectivity index (χ0n) is 21.5. The molecule has 0 bridgehead atoms. The molecule has 37 heavy (non-hydrogen) atoms. The van der Waals surface area contributed by atoms with Crippen LogP contribution in [0.5, 0.6) is 0 Å². The SMILES string of the molecule is Cc1ccc(N=C2C(Nc3ccc(C)cc3)=C(c3ccc(C)cc3)S(=O)(=O)C2c2ccc(C)cc2)cc1. The molecule has 0 amide bonds. The fraction of sp³-hybridized carbons (Fsp3) is 0.156. The Morgan fingerprint density at radius 2 is 1.08 bits per heavy atom. The fourth-order valence-corrected chi connectivity index (χ4v) is 6.64. The van der Waals surface area contributed by atoms with Crippen molar-refractivity contribution in [2.24, 2.45) is 4.99 Å². The summed E-state index contributed by atoms with van der Waals surface area (Å²) in [5.41, 5.74) is 8.24. The van der Waals surface area contributed by atoms with E-state index in [-0.39, 0.29) is 4.91 Å². The van der Waals surface area contributed by atoms with E-state index in [1.165, 1.54) is 0 Å². The van der Waals surface area contributed by atoms with Gasteiger partial charge in [-0.1, -0.05) is 95.1 Å². The smallest absolute Gasteiger partial charge is 0.193 e. The van der Waals surface area contributed by atoms with Gasteiger partial charge in [-0.3, -0.25) is 0 Å². The van der Waals surface area contributed by atoms with Gasteiger partial charge in [-0.2, -0.15) is 0 Å². The summed E-state index contributed by atoms with van der Waals surface area (Å²) in [4.78, 5) is 5.25. The molecule has 5 rings (SSSR count). The van der Waals surface area contributed by atoms with Gasteiger partial charge in [0.25, 0.3) is 0 Å². The second kappa shape index (κ2) is 9.83. The largest absolute Gasteiger partial charge is 0.353 e. The van der Waals surface area contributed by atoms with Crippen LogP contribution < -0.4 is 5.32 Å². The first-order valence-corrected chi connectivity index (χ1v) is 13.9. The van der Waals surface area contributed by atoms with Crippen LogP contribution in [0.3, 0.4) is 0 Å². The highest BCUT2D eigenvalue weighted by atomic mass is 32.2. The lowest BCUT2D eigenvalue weighted by Crippen LogP contribution is -2.18. The van der Waals surface area contributed by atoms with E-state index in [1.54, 1.807) is 0 Å². The number of sulfone groups is 1. The van der Waals surface area contributed by atoms with Crippen molar-refractivity contribution in [3.05, 3.63) is 136 Å². The van der Waals surface area contributed by atoms with Crippen molar-refractivity contribution in [2.75, 3.05) is 5.32 Å². The number of hydrogen-bond donors (Lipinski definition) is 1. The molecule has 4 aromatic rings. The minimum absolute atomic E-state index is 0.268. The van der Waals surface area contributed by atoms with Gasteiger partial charge >= 0.3 is 0 Å². The lowest BCUT2D eigenvalue weighted by Gasteiger charge is -2.15. The van der Waals surface area contributed by atoms with Gasteiger partial charge in [0.2, 0.25) is 0 Å². The molecule has 186 valence electrons. The Morgan fingerprint density at radius 1 is 0.622 bits per heavy atom. The lowest BCUT2D eigenvalue weighted by atomic mass is 10.0. The molecular weight excluding hydrogens is 476 g/mol. The molecule has 0 saturated carbocycles. The summed E-state index contributed by atoms with van der Waals surface area (Å²) in [5, 5.41) is 2.52. The molecule has 1 N–H and O–H groups in total. The number of aryl methyl sites for hydroxylation is 4. The third-order valence-electron chi connectivity index (χ3n) is 6.62. The van der Waals surface area contributed by atoms with Crippen LogP contribution in [-0.4, -0.2) is 14.1 Å². The Hall–Kier alpha value is -3.96. The number of hydrogen-bond acceptors (Lipinski definition) is 4. The third-order valence-corrected chi connectivity index (χ3v) is 8.75. The first-order chi connectivity index (χ1) is 17.7. The first kappa shape index (κ1) is 24.7. The first-order valence-electron chi connectivity index (χ1n) is 12.3. The molecule has 1 heterocycles. The molecule has 0 aliphatic carbocycles. The quantitative estimate of drug-likeness (QED) is 0.302. The normalized spacial score (nSPS) is 17.8. The van der Waals surface area contributed by atoms with Gasteiger partial charge in [0.15, 0.2) is 9.84 Å². The highest BCUT2D eigenvalue weighted by Crippen LogP contribution is 2.46. The number of nitrogens with zero attached hydrogens (tertiary/aromatic N) is 1. The number of rotatable bonds is 5. The van der Waals surface area contributed by atoms with Crippen LogP contribution in [0, 0.1) is 27.7 Å². The van der Waals surface area contributed by atoms with Crippen molar-refractivity contribution in [1.29, 1.82) is 0 Å². The molecule has 0 fully saturated rings. The van der Waals surface area contributed by atoms with Crippen molar-refractivity contribution in [3.8, 4) is 0 Å². The van der Waals surface area contributed by atoms with Crippen LogP contribution >= 0.6 is 0 Å². The summed E-state index contributed by atoms with van der Waals surface area (Å²) in [5.74, 6) is 0. The maximum absolute atomic E-state index is 14.4. The Morgan fingerprint density at radius 3 is 1.62 bits per heavy atom. The molecule has 1 aliphatic heterocycles. The minimum Gasteiger partial charge on any atom is -0.353 e. The van der Waals surface area contributed by atoms with Gasteiger partial charge in [0.05, 0.1) is 17.1 Å². The van der Waals surface area contributed by atoms with Crippen LogP contribution in [-0.2, 0) is 9.84 Å². The Kier molecular flexibility index (Phi) is 6.57. The highest BCUT2D eigenvalue weighted by molar-refractivity contribution is 8.02. The molecule has 0 spiro atoms. The Balaban J connectivity index is 1.79. The molecule has 4 aromatic carbocycles. The van der Waals surface area contributed by atoms with Crippen molar-refractivity contribution in [1.82, 2.24) is 0 Å². The van der Waals surface area contributed by atoms with E-state index in [4.69, 9.17) is 4.99 Å². The summed E-state index contributed by atoms with van der Waals surface area (Å²) >= 11 is 0. The van der Waals surface area contributed by atoms with E-state index < -0.39 is 15.1 Å². The molecule has 5 heteroatoms. The van der Waals surface area contributed by atoms with E-state index in [0.29, 0.717) is 28.2 Å². The van der Waals surface area contributed by atoms with E-state index >= 15 is 0 Å². The Bertz CT molecular complexity index is 1600. The molecular formula is C32H30N2O2S. The van der Waals surface area contributed by atoms with Crippen molar-refractivity contribution < 1.29 is 8.42 Å². The van der Waals surface area contributed by atoms with Crippen molar-refractivity contribution in [3.63, 3.8) is 0 Å². The number of allylic oxidation sites excluding steroid dienone is 1. The average Bonchev–Trinajstić information content (AvgIpc) is 3.08. The number of benzene rings is 4. The summed E-state index contributed by atoms with van der Waals surface area (Å²) < 4.78 is 28.8. The average molecular weight is 507 g/mol. The van der Waals surface area contributed by atoms with E-state index in [0.717, 1.165) is 27.9 Å². The van der Waals surface area contributed by atoms with Gasteiger partial charge in [-0.25, -0.2) is 13.4 Å². The standard InChI is InChI=1S/C32H30N2O2S/c1-21-5-13-25(14-6-21)31-29(33-27-17-9-23(3)10-18-27)30(34-28-19-11-24(4)12-20-28)32(37(31,35)36)26-15-7-22(2)8-16-26/h5-20,31,34H,1-4H3. The van der Waals surface area contributed by atoms with Crippen LogP contribution in [0.2, 0.25) is 0 Å². The number of aliphatic imine (C=N–C) groups is 1. The van der Waals surface area contributed by atoms with Crippen molar-refractivity contribution in [2.45, 2.75) is 32.9 Å². The fourth-order valence-electron chi connectivity index (χ4n) is 4.52. The Labute approximate surface area is 219 Å². The van der Waals surface area contributed by atoms with Crippen LogP contribution in [0.4, 0.5) is 11.4 Å². The molecule has 1 aliphatic rings. The minimum atomic E-state index is -3.83. The van der Waals surface area contributed by atoms with Crippen LogP contribution in [0.25, 0.3) is 4.91 Å². The number of nitrogens with one attached hydrogen (secondary N) is 1. The van der Waals surface area contributed by atoms with Gasteiger partial charge in [-0.05, 0) is 63.1 Å². The molecule has 1 unspecified atom stereocenters. The predicted octanol–water partition coefficient (Wildman–Crippen LogP) is 7.64. The van der Waals surface area contributed by atoms with Gasteiger partial charge in [0.1, 0.15) is 10.2 Å². The summed E-state index contributed by atoms with van der Waals surface area (Å²) in [7, 11) is -3.83. The zero-order valence-corrected chi connectivity index (χ0v) is 22.3. The molecule has 0 aromatic heterocycles.